The molecule has 0 fully saturated rings. The van der Waals surface area contributed by atoms with E-state index in [-0.39, 0.29) is 0 Å². The Morgan fingerprint density at radius 2 is 2.06 bits per heavy atom. The second-order valence-corrected chi connectivity index (χ2v) is 5.03. The highest BCUT2D eigenvalue weighted by atomic mass is 35.5. The molecule has 0 aromatic heterocycles. The molecule has 3 heteroatoms. The number of para-hydroxylation sites is 1. The molecule has 1 aromatic carbocycles. The zero-order valence-electron chi connectivity index (χ0n) is 8.44. The van der Waals surface area contributed by atoms with Crippen LogP contribution in [0.4, 0.5) is 0 Å². The highest BCUT2D eigenvalue weighted by Gasteiger charge is 2.18. The molecule has 3 rings (SSSR count). The average Bonchev–Trinajstić information content (AvgIpc) is 2.48. The van der Waals surface area contributed by atoms with Crippen LogP contribution in [-0.4, -0.2) is 0 Å². The molecule has 16 heavy (non-hydrogen) atoms. The fraction of sp³-hybridized carbons (Fsp3) is 0.0769. The summed E-state index contributed by atoms with van der Waals surface area (Å²) >= 11 is 7.70. The molecule has 0 saturated heterocycles. The molecule has 1 aliphatic heterocycles. The van der Waals surface area contributed by atoms with Gasteiger partial charge in [-0.1, -0.05) is 35.5 Å². The summed E-state index contributed by atoms with van der Waals surface area (Å²) in [5, 5.41) is 2.97. The van der Waals surface area contributed by atoms with Gasteiger partial charge in [0.05, 0.1) is 4.90 Å². The van der Waals surface area contributed by atoms with Gasteiger partial charge in [0, 0.05) is 17.0 Å². The number of hydrogen-bond donors (Lipinski definition) is 0. The molecule has 80 valence electrons. The maximum Gasteiger partial charge on any atom is 0.141 e. The fourth-order valence-electron chi connectivity index (χ4n) is 1.69. The van der Waals surface area contributed by atoms with Gasteiger partial charge >= 0.3 is 0 Å². The molecular formula is C13H9ClOS. The molecule has 0 atom stereocenters. The van der Waals surface area contributed by atoms with Gasteiger partial charge in [0.2, 0.25) is 0 Å². The number of benzene rings is 1. The van der Waals surface area contributed by atoms with Crippen molar-refractivity contribution in [3.63, 3.8) is 0 Å². The first kappa shape index (κ1) is 10.1. The fourth-order valence-corrected chi connectivity index (χ4v) is 2.74. The van der Waals surface area contributed by atoms with Crippen molar-refractivity contribution in [2.24, 2.45) is 0 Å². The Kier molecular flexibility index (Phi) is 2.54. The predicted octanol–water partition coefficient (Wildman–Crippen LogP) is 4.47. The Balaban J connectivity index is 2.04. The topological polar surface area (TPSA) is 9.23 Å². The second kappa shape index (κ2) is 4.04. The smallest absolute Gasteiger partial charge is 0.141 e. The Morgan fingerprint density at radius 1 is 1.19 bits per heavy atom. The summed E-state index contributed by atoms with van der Waals surface area (Å²) < 4.78 is 5.88. The number of halogens is 1. The molecule has 1 aromatic rings. The zero-order valence-corrected chi connectivity index (χ0v) is 10.0. The van der Waals surface area contributed by atoms with Gasteiger partial charge in [-0.3, -0.25) is 0 Å². The van der Waals surface area contributed by atoms with Crippen LogP contribution in [0.1, 0.15) is 6.42 Å². The summed E-state index contributed by atoms with van der Waals surface area (Å²) in [5.74, 6) is 1.82. The molecule has 1 heterocycles. The molecule has 2 aliphatic rings. The van der Waals surface area contributed by atoms with Gasteiger partial charge < -0.3 is 4.74 Å². The van der Waals surface area contributed by atoms with Gasteiger partial charge in [-0.2, -0.15) is 0 Å². The maximum absolute atomic E-state index is 6.01. The van der Waals surface area contributed by atoms with E-state index in [0.717, 1.165) is 33.4 Å². The molecule has 0 radical (unpaired) electrons. The van der Waals surface area contributed by atoms with Crippen LogP contribution in [-0.2, 0) is 0 Å². The van der Waals surface area contributed by atoms with Crippen molar-refractivity contribution < 1.29 is 4.74 Å². The zero-order chi connectivity index (χ0) is 11.0. The van der Waals surface area contributed by atoms with Gasteiger partial charge in [0.25, 0.3) is 0 Å². The minimum atomic E-state index is 0.758. The molecule has 1 aliphatic carbocycles. The summed E-state index contributed by atoms with van der Waals surface area (Å²) in [5.41, 5.74) is 1.15. The molecule has 0 spiro atoms. The van der Waals surface area contributed by atoms with Crippen LogP contribution in [0.15, 0.2) is 63.1 Å². The predicted molar refractivity (Wildman–Crippen MR) is 67.6 cm³/mol. The summed E-state index contributed by atoms with van der Waals surface area (Å²) in [6, 6.07) is 8.04. The lowest BCUT2D eigenvalue weighted by Gasteiger charge is -2.14. The van der Waals surface area contributed by atoms with Gasteiger partial charge in [-0.25, -0.2) is 0 Å². The highest BCUT2D eigenvalue weighted by Crippen LogP contribution is 2.40. The van der Waals surface area contributed by atoms with Crippen LogP contribution in [0.5, 0.6) is 5.75 Å². The van der Waals surface area contributed by atoms with E-state index >= 15 is 0 Å². The van der Waals surface area contributed by atoms with E-state index < -0.39 is 0 Å². The Hall–Kier alpha value is -1.12. The van der Waals surface area contributed by atoms with E-state index in [1.54, 1.807) is 11.8 Å². The summed E-state index contributed by atoms with van der Waals surface area (Å²) in [4.78, 5) is 1.14. The number of hydrogen-bond acceptors (Lipinski definition) is 2. The normalized spacial score (nSPS) is 18.2. The Labute approximate surface area is 103 Å². The van der Waals surface area contributed by atoms with E-state index in [1.165, 1.54) is 0 Å². The lowest BCUT2D eigenvalue weighted by molar-refractivity contribution is 0.424. The molecule has 0 bridgehead atoms. The third-order valence-corrected chi connectivity index (χ3v) is 3.74. The summed E-state index contributed by atoms with van der Waals surface area (Å²) in [6.07, 6.45) is 4.58. The maximum atomic E-state index is 6.01. The monoisotopic (exact) mass is 248 g/mol. The Morgan fingerprint density at radius 3 is 3.00 bits per heavy atom. The second-order valence-electron chi connectivity index (χ2n) is 3.63. The first-order chi connectivity index (χ1) is 7.83. The average molecular weight is 249 g/mol. The molecule has 0 saturated carbocycles. The van der Waals surface area contributed by atoms with E-state index in [2.05, 4.69) is 11.5 Å². The standard InChI is InChI=1S/C13H9ClOS/c14-10-5-6-11-9(7-10)8-16-13-4-2-1-3-12(13)15-11/h1-6,8H,7H2. The van der Waals surface area contributed by atoms with Crippen LogP contribution in [0.2, 0.25) is 0 Å². The summed E-state index contributed by atoms with van der Waals surface area (Å²) in [6.45, 7) is 0. The van der Waals surface area contributed by atoms with Crippen LogP contribution in [0, 0.1) is 0 Å². The number of thioether (sulfide) groups is 1. The Bertz CT molecular complexity index is 528. The van der Waals surface area contributed by atoms with E-state index in [1.807, 2.05) is 30.4 Å². The van der Waals surface area contributed by atoms with Gasteiger partial charge in [0.1, 0.15) is 11.5 Å². The van der Waals surface area contributed by atoms with E-state index in [9.17, 15) is 0 Å². The van der Waals surface area contributed by atoms with Crippen LogP contribution < -0.4 is 4.74 Å². The van der Waals surface area contributed by atoms with Crippen LogP contribution >= 0.6 is 23.4 Å². The van der Waals surface area contributed by atoms with Crippen molar-refractivity contribution in [2.75, 3.05) is 0 Å². The minimum Gasteiger partial charge on any atom is -0.456 e. The largest absolute Gasteiger partial charge is 0.456 e. The number of allylic oxidation sites excluding steroid dienone is 4. The number of fused-ring (bicyclic) bond motifs is 2. The van der Waals surface area contributed by atoms with Crippen molar-refractivity contribution in [1.29, 1.82) is 0 Å². The molecule has 0 N–H and O–H groups in total. The SMILES string of the molecule is ClC1=CC=C2Oc3ccccc3SC=C2C1. The minimum absolute atomic E-state index is 0.758. The van der Waals surface area contributed by atoms with Crippen molar-refractivity contribution in [3.8, 4) is 5.75 Å². The number of rotatable bonds is 0. The van der Waals surface area contributed by atoms with Crippen molar-refractivity contribution in [2.45, 2.75) is 11.3 Å². The molecule has 0 unspecified atom stereocenters. The molecule has 0 amide bonds. The van der Waals surface area contributed by atoms with E-state index in [4.69, 9.17) is 16.3 Å². The van der Waals surface area contributed by atoms with Crippen LogP contribution in [0.3, 0.4) is 0 Å². The van der Waals surface area contributed by atoms with E-state index in [0.29, 0.717) is 0 Å². The highest BCUT2D eigenvalue weighted by molar-refractivity contribution is 8.02. The lowest BCUT2D eigenvalue weighted by atomic mass is 10.1. The quantitative estimate of drug-likeness (QED) is 0.670. The van der Waals surface area contributed by atoms with Crippen LogP contribution in [0.25, 0.3) is 0 Å². The van der Waals surface area contributed by atoms with Gasteiger partial charge in [0.15, 0.2) is 0 Å². The summed E-state index contributed by atoms with van der Waals surface area (Å²) in [7, 11) is 0. The lowest BCUT2D eigenvalue weighted by Crippen LogP contribution is -2.01. The van der Waals surface area contributed by atoms with Gasteiger partial charge in [-0.05, 0) is 29.7 Å². The van der Waals surface area contributed by atoms with Crippen molar-refractivity contribution in [1.82, 2.24) is 0 Å². The third-order valence-electron chi connectivity index (χ3n) is 2.49. The number of ether oxygens (including phenoxy) is 1. The van der Waals surface area contributed by atoms with Gasteiger partial charge in [-0.15, -0.1) is 0 Å². The first-order valence-electron chi connectivity index (χ1n) is 5.02. The first-order valence-corrected chi connectivity index (χ1v) is 6.28. The molecule has 1 nitrogen and oxygen atoms in total. The molecular weight excluding hydrogens is 240 g/mol. The van der Waals surface area contributed by atoms with Crippen molar-refractivity contribution >= 4 is 23.4 Å². The van der Waals surface area contributed by atoms with Crippen molar-refractivity contribution in [3.05, 3.63) is 58.2 Å². The third kappa shape index (κ3) is 1.79.